The molecular weight excluding hydrogens is 304 g/mol. The lowest BCUT2D eigenvalue weighted by molar-refractivity contribution is -0.132. The molecule has 3 aromatic rings. The first-order valence-electron chi connectivity index (χ1n) is 8.80. The van der Waals surface area contributed by atoms with Crippen molar-refractivity contribution in [1.29, 1.82) is 0 Å². The van der Waals surface area contributed by atoms with E-state index < -0.39 is 0 Å². The molecule has 3 rings (SSSR count). The molecular formula is C24H26O. The molecule has 128 valence electrons. The van der Waals surface area contributed by atoms with Gasteiger partial charge in [-0.05, 0) is 49.9 Å². The van der Waals surface area contributed by atoms with Crippen molar-refractivity contribution in [2.24, 2.45) is 0 Å². The Hall–Kier alpha value is -2.38. The highest BCUT2D eigenvalue weighted by atomic mass is 16.5. The maximum atomic E-state index is 6.54. The van der Waals surface area contributed by atoms with Crippen LogP contribution in [-0.2, 0) is 15.9 Å². The van der Waals surface area contributed by atoms with Gasteiger partial charge in [0.15, 0.2) is 0 Å². The highest BCUT2D eigenvalue weighted by Gasteiger charge is 2.31. The van der Waals surface area contributed by atoms with Crippen LogP contribution in [0, 0.1) is 0 Å². The van der Waals surface area contributed by atoms with Crippen LogP contribution < -0.4 is 0 Å². The number of rotatable bonds is 5. The van der Waals surface area contributed by atoms with Crippen LogP contribution in [-0.4, -0.2) is 0 Å². The average Bonchev–Trinajstić information content (AvgIpc) is 2.62. The third-order valence-electron chi connectivity index (χ3n) is 4.67. The molecule has 0 N–H and O–H groups in total. The molecule has 25 heavy (non-hydrogen) atoms. The number of ether oxygens (including phenoxy) is 1. The van der Waals surface area contributed by atoms with Crippen LogP contribution >= 0.6 is 0 Å². The highest BCUT2D eigenvalue weighted by molar-refractivity contribution is 5.63. The Morgan fingerprint density at radius 1 is 0.480 bits per heavy atom. The van der Waals surface area contributed by atoms with E-state index in [9.17, 15) is 0 Å². The normalized spacial score (nSPS) is 12.2. The zero-order valence-corrected chi connectivity index (χ0v) is 15.5. The fraction of sp³-hybridized carbons (Fsp3) is 0.250. The first kappa shape index (κ1) is 17.4. The minimum atomic E-state index is -0.380. The SMILES string of the molecule is CC(C)(OC(C)(C)c1ccc(-c2ccccc2)cc1)c1ccccc1. The molecule has 0 atom stereocenters. The summed E-state index contributed by atoms with van der Waals surface area (Å²) in [6, 6.07) is 29.5. The monoisotopic (exact) mass is 330 g/mol. The summed E-state index contributed by atoms with van der Waals surface area (Å²) >= 11 is 0. The maximum absolute atomic E-state index is 6.54. The van der Waals surface area contributed by atoms with Crippen molar-refractivity contribution in [3.05, 3.63) is 96.1 Å². The summed E-state index contributed by atoms with van der Waals surface area (Å²) in [4.78, 5) is 0. The van der Waals surface area contributed by atoms with E-state index >= 15 is 0 Å². The van der Waals surface area contributed by atoms with Gasteiger partial charge in [-0.1, -0.05) is 84.9 Å². The Labute approximate surface area is 151 Å². The third-order valence-corrected chi connectivity index (χ3v) is 4.67. The summed E-state index contributed by atoms with van der Waals surface area (Å²) in [5.41, 5.74) is 4.08. The van der Waals surface area contributed by atoms with E-state index in [1.165, 1.54) is 22.3 Å². The van der Waals surface area contributed by atoms with Crippen LogP contribution in [0.3, 0.4) is 0 Å². The van der Waals surface area contributed by atoms with Gasteiger partial charge < -0.3 is 4.74 Å². The van der Waals surface area contributed by atoms with E-state index in [0.717, 1.165) is 0 Å². The lowest BCUT2D eigenvalue weighted by atomic mass is 9.92. The molecule has 0 heterocycles. The van der Waals surface area contributed by atoms with Crippen molar-refractivity contribution in [2.75, 3.05) is 0 Å². The second-order valence-electron chi connectivity index (χ2n) is 7.43. The van der Waals surface area contributed by atoms with Gasteiger partial charge in [0, 0.05) is 0 Å². The Morgan fingerprint density at radius 2 is 0.880 bits per heavy atom. The van der Waals surface area contributed by atoms with E-state index in [0.29, 0.717) is 0 Å². The van der Waals surface area contributed by atoms with Crippen molar-refractivity contribution in [1.82, 2.24) is 0 Å². The molecule has 0 amide bonds. The molecule has 1 nitrogen and oxygen atoms in total. The van der Waals surface area contributed by atoms with Crippen molar-refractivity contribution in [3.8, 4) is 11.1 Å². The Bertz CT molecular complexity index is 800. The zero-order valence-electron chi connectivity index (χ0n) is 15.5. The Morgan fingerprint density at radius 3 is 1.40 bits per heavy atom. The molecule has 0 unspecified atom stereocenters. The van der Waals surface area contributed by atoms with Crippen molar-refractivity contribution in [3.63, 3.8) is 0 Å². The second-order valence-corrected chi connectivity index (χ2v) is 7.43. The summed E-state index contributed by atoms with van der Waals surface area (Å²) < 4.78 is 6.54. The smallest absolute Gasteiger partial charge is 0.0887 e. The molecule has 0 aliphatic rings. The predicted molar refractivity (Wildman–Crippen MR) is 105 cm³/mol. The molecule has 0 aromatic heterocycles. The van der Waals surface area contributed by atoms with Crippen molar-refractivity contribution in [2.45, 2.75) is 38.9 Å². The van der Waals surface area contributed by atoms with Crippen LogP contribution in [0.15, 0.2) is 84.9 Å². The van der Waals surface area contributed by atoms with E-state index in [1.807, 2.05) is 12.1 Å². The summed E-state index contributed by atoms with van der Waals surface area (Å²) in [5.74, 6) is 0. The third kappa shape index (κ3) is 4.00. The summed E-state index contributed by atoms with van der Waals surface area (Å²) in [6.45, 7) is 8.52. The van der Waals surface area contributed by atoms with Crippen molar-refractivity contribution >= 4 is 0 Å². The number of hydrogen-bond donors (Lipinski definition) is 0. The molecule has 0 fully saturated rings. The zero-order chi connectivity index (χ0) is 17.9. The average molecular weight is 330 g/mol. The van der Waals surface area contributed by atoms with Gasteiger partial charge in [-0.3, -0.25) is 0 Å². The van der Waals surface area contributed by atoms with Crippen LogP contribution in [0.25, 0.3) is 11.1 Å². The van der Waals surface area contributed by atoms with Gasteiger partial charge in [0.1, 0.15) is 0 Å². The number of hydrogen-bond acceptors (Lipinski definition) is 1. The lowest BCUT2D eigenvalue weighted by Gasteiger charge is -2.37. The predicted octanol–water partition coefficient (Wildman–Crippen LogP) is 6.54. The van der Waals surface area contributed by atoms with E-state index in [2.05, 4.69) is 100 Å². The van der Waals surface area contributed by atoms with Gasteiger partial charge in [0.05, 0.1) is 11.2 Å². The fourth-order valence-electron chi connectivity index (χ4n) is 3.29. The van der Waals surface area contributed by atoms with Gasteiger partial charge in [-0.25, -0.2) is 0 Å². The summed E-state index contributed by atoms with van der Waals surface area (Å²) in [7, 11) is 0. The molecule has 0 spiro atoms. The molecule has 1 heteroatoms. The molecule has 0 bridgehead atoms. The Kier molecular flexibility index (Phi) is 4.78. The molecule has 0 aliphatic carbocycles. The van der Waals surface area contributed by atoms with Gasteiger partial charge in [-0.15, -0.1) is 0 Å². The molecule has 3 aromatic carbocycles. The van der Waals surface area contributed by atoms with Crippen molar-refractivity contribution < 1.29 is 4.74 Å². The molecule has 0 radical (unpaired) electrons. The minimum absolute atomic E-state index is 0.358. The standard InChI is InChI=1S/C24H26O/c1-23(2,21-13-9-6-10-14-21)25-24(3,4)22-17-15-20(16-18-22)19-11-7-5-8-12-19/h5-18H,1-4H3. The largest absolute Gasteiger partial charge is 0.360 e. The van der Waals surface area contributed by atoms with Crippen LogP contribution in [0.1, 0.15) is 38.8 Å². The molecule has 0 saturated heterocycles. The first-order chi connectivity index (χ1) is 11.9. The quantitative estimate of drug-likeness (QED) is 0.516. The topological polar surface area (TPSA) is 9.23 Å². The van der Waals surface area contributed by atoms with Gasteiger partial charge in [0.2, 0.25) is 0 Å². The lowest BCUT2D eigenvalue weighted by Crippen LogP contribution is -2.33. The molecule has 0 aliphatic heterocycles. The van der Waals surface area contributed by atoms with E-state index in [-0.39, 0.29) is 11.2 Å². The first-order valence-corrected chi connectivity index (χ1v) is 8.80. The summed E-state index contributed by atoms with van der Waals surface area (Å²) in [6.07, 6.45) is 0. The summed E-state index contributed by atoms with van der Waals surface area (Å²) in [5, 5.41) is 0. The van der Waals surface area contributed by atoms with Gasteiger partial charge >= 0.3 is 0 Å². The van der Waals surface area contributed by atoms with Gasteiger partial charge in [-0.2, -0.15) is 0 Å². The van der Waals surface area contributed by atoms with Crippen LogP contribution in [0.2, 0.25) is 0 Å². The fourth-order valence-corrected chi connectivity index (χ4v) is 3.29. The van der Waals surface area contributed by atoms with E-state index in [4.69, 9.17) is 4.74 Å². The molecule has 0 saturated carbocycles. The maximum Gasteiger partial charge on any atom is 0.0887 e. The van der Waals surface area contributed by atoms with Crippen LogP contribution in [0.4, 0.5) is 0 Å². The van der Waals surface area contributed by atoms with Crippen LogP contribution in [0.5, 0.6) is 0 Å². The Balaban J connectivity index is 1.82. The highest BCUT2D eigenvalue weighted by Crippen LogP contribution is 2.36. The number of benzene rings is 3. The van der Waals surface area contributed by atoms with Gasteiger partial charge in [0.25, 0.3) is 0 Å². The van der Waals surface area contributed by atoms with E-state index in [1.54, 1.807) is 0 Å². The minimum Gasteiger partial charge on any atom is -0.360 e. The second kappa shape index (κ2) is 6.85.